The summed E-state index contributed by atoms with van der Waals surface area (Å²) in [6.07, 6.45) is 5.27. The van der Waals surface area contributed by atoms with Crippen LogP contribution in [0, 0.1) is 5.41 Å². The maximum atomic E-state index is 12.7. The van der Waals surface area contributed by atoms with Crippen molar-refractivity contribution < 1.29 is 13.9 Å². The van der Waals surface area contributed by atoms with Gasteiger partial charge in [-0.25, -0.2) is 0 Å². The van der Waals surface area contributed by atoms with Crippen molar-refractivity contribution >= 4 is 17.0 Å². The minimum atomic E-state index is -0.0960. The number of aromatic nitrogens is 1. The number of allylic oxidation sites excluding steroid dienone is 4. The summed E-state index contributed by atoms with van der Waals surface area (Å²) < 4.78 is 11.0. The number of fused-ring (bicyclic) bond motifs is 1. The van der Waals surface area contributed by atoms with Crippen molar-refractivity contribution in [3.8, 4) is 6.08 Å². The highest BCUT2D eigenvalue weighted by Gasteiger charge is 2.26. The smallest absolute Gasteiger partial charge is 0.395 e. The quantitative estimate of drug-likeness (QED) is 0.813. The van der Waals surface area contributed by atoms with E-state index in [9.17, 15) is 4.79 Å². The largest absolute Gasteiger partial charge is 0.440 e. The molecule has 0 aliphatic heterocycles. The van der Waals surface area contributed by atoms with E-state index in [-0.39, 0.29) is 24.0 Å². The topological polar surface area (TPSA) is 55.6 Å². The van der Waals surface area contributed by atoms with Crippen molar-refractivity contribution in [2.24, 2.45) is 5.41 Å². The van der Waals surface area contributed by atoms with Crippen molar-refractivity contribution in [3.05, 3.63) is 47.7 Å². The molecule has 132 valence electrons. The number of ether oxygens (including phenoxy) is 1. The van der Waals surface area contributed by atoms with E-state index in [1.54, 1.807) is 4.90 Å². The van der Waals surface area contributed by atoms with Crippen molar-refractivity contribution in [3.63, 3.8) is 0 Å². The van der Waals surface area contributed by atoms with Crippen molar-refractivity contribution in [1.82, 2.24) is 9.88 Å². The summed E-state index contributed by atoms with van der Waals surface area (Å²) in [6.45, 7) is 8.90. The van der Waals surface area contributed by atoms with Gasteiger partial charge in [-0.3, -0.25) is 4.79 Å². The molecule has 25 heavy (non-hydrogen) atoms. The van der Waals surface area contributed by atoms with Crippen LogP contribution in [-0.4, -0.2) is 28.9 Å². The number of hydrogen-bond acceptors (Lipinski definition) is 4. The van der Waals surface area contributed by atoms with E-state index in [1.807, 2.05) is 31.2 Å². The van der Waals surface area contributed by atoms with E-state index in [0.717, 1.165) is 17.6 Å². The minimum Gasteiger partial charge on any atom is -0.440 e. The summed E-state index contributed by atoms with van der Waals surface area (Å²) in [4.78, 5) is 18.7. The third-order valence-electron chi connectivity index (χ3n) is 4.21. The van der Waals surface area contributed by atoms with Crippen LogP contribution in [0.4, 0.5) is 0 Å². The third kappa shape index (κ3) is 3.92. The molecule has 0 unspecified atom stereocenters. The van der Waals surface area contributed by atoms with Gasteiger partial charge in [0.15, 0.2) is 12.2 Å². The van der Waals surface area contributed by atoms with E-state index in [2.05, 4.69) is 37.9 Å². The fraction of sp³-hybridized carbons (Fsp3) is 0.400. The van der Waals surface area contributed by atoms with Gasteiger partial charge >= 0.3 is 6.08 Å². The highest BCUT2D eigenvalue weighted by atomic mass is 16.6. The monoisotopic (exact) mass is 340 g/mol. The molecule has 0 N–H and O–H groups in total. The number of likely N-dealkylation sites (N-methyl/N-ethyl adjacent to an activating group) is 1. The summed E-state index contributed by atoms with van der Waals surface area (Å²) in [7, 11) is 0. The van der Waals surface area contributed by atoms with E-state index in [1.165, 1.54) is 5.57 Å². The highest BCUT2D eigenvalue weighted by Crippen LogP contribution is 2.34. The van der Waals surface area contributed by atoms with E-state index >= 15 is 0 Å². The van der Waals surface area contributed by atoms with Crippen LogP contribution in [0.1, 0.15) is 34.1 Å². The van der Waals surface area contributed by atoms with Crippen LogP contribution < -0.4 is 4.74 Å². The Morgan fingerprint density at radius 2 is 2.12 bits per heavy atom. The number of amides is 1. The van der Waals surface area contributed by atoms with Crippen LogP contribution in [-0.2, 0) is 4.79 Å². The molecule has 0 saturated carbocycles. The summed E-state index contributed by atoms with van der Waals surface area (Å²) in [5.41, 5.74) is 3.61. The van der Waals surface area contributed by atoms with Gasteiger partial charge in [-0.05, 0) is 43.9 Å². The SMILES string of the molecule is CCN(C(=O)COc1nc2ccccc2o1)C1=CC(C)=CC(C)(C)C1. The Morgan fingerprint density at radius 3 is 2.80 bits per heavy atom. The Hall–Kier alpha value is -2.56. The summed E-state index contributed by atoms with van der Waals surface area (Å²) in [6, 6.07) is 7.41. The number of oxazole rings is 1. The molecule has 1 heterocycles. The Morgan fingerprint density at radius 1 is 1.36 bits per heavy atom. The summed E-state index contributed by atoms with van der Waals surface area (Å²) in [5.74, 6) is -0.0958. The molecule has 2 aromatic rings. The Bertz CT molecular complexity index is 812. The van der Waals surface area contributed by atoms with Crippen LogP contribution in [0.15, 0.2) is 52.1 Å². The number of para-hydroxylation sites is 2. The number of benzene rings is 1. The number of carbonyl (C=O) groups excluding carboxylic acids is 1. The predicted molar refractivity (Wildman–Crippen MR) is 97.1 cm³/mol. The first-order valence-electron chi connectivity index (χ1n) is 8.57. The molecule has 1 aliphatic rings. The van der Waals surface area contributed by atoms with Crippen LogP contribution in [0.3, 0.4) is 0 Å². The molecule has 3 rings (SSSR count). The van der Waals surface area contributed by atoms with E-state index < -0.39 is 0 Å². The van der Waals surface area contributed by atoms with Gasteiger partial charge in [0, 0.05) is 12.2 Å². The first kappa shape index (κ1) is 17.3. The lowest BCUT2D eigenvalue weighted by molar-refractivity contribution is -0.131. The van der Waals surface area contributed by atoms with Gasteiger partial charge in [0.2, 0.25) is 0 Å². The van der Waals surface area contributed by atoms with Gasteiger partial charge in [-0.1, -0.05) is 37.6 Å². The van der Waals surface area contributed by atoms with Gasteiger partial charge in [0.25, 0.3) is 5.91 Å². The van der Waals surface area contributed by atoms with Crippen molar-refractivity contribution in [2.75, 3.05) is 13.2 Å². The molecule has 1 aromatic heterocycles. The molecular weight excluding hydrogens is 316 g/mol. The third-order valence-corrected chi connectivity index (χ3v) is 4.21. The molecule has 1 aromatic carbocycles. The molecular formula is C20H24N2O3. The normalized spacial score (nSPS) is 16.3. The first-order valence-corrected chi connectivity index (χ1v) is 8.57. The number of rotatable bonds is 5. The maximum absolute atomic E-state index is 12.7. The fourth-order valence-corrected chi connectivity index (χ4v) is 3.32. The zero-order valence-electron chi connectivity index (χ0n) is 15.2. The zero-order valence-corrected chi connectivity index (χ0v) is 15.2. The van der Waals surface area contributed by atoms with Crippen LogP contribution >= 0.6 is 0 Å². The van der Waals surface area contributed by atoms with Gasteiger partial charge < -0.3 is 14.1 Å². The van der Waals surface area contributed by atoms with Gasteiger partial charge in [-0.2, -0.15) is 4.98 Å². The van der Waals surface area contributed by atoms with Gasteiger partial charge in [0.05, 0.1) is 0 Å². The van der Waals surface area contributed by atoms with Gasteiger partial charge in [-0.15, -0.1) is 0 Å². The number of nitrogens with zero attached hydrogens (tertiary/aromatic N) is 2. The minimum absolute atomic E-state index is 0.0447. The number of hydrogen-bond donors (Lipinski definition) is 0. The average Bonchev–Trinajstić information content (AvgIpc) is 2.94. The Labute approximate surface area is 148 Å². The predicted octanol–water partition coefficient (Wildman–Crippen LogP) is 4.32. The molecule has 0 bridgehead atoms. The van der Waals surface area contributed by atoms with E-state index in [4.69, 9.17) is 9.15 Å². The second-order valence-electron chi connectivity index (χ2n) is 7.06. The lowest BCUT2D eigenvalue weighted by Crippen LogP contribution is -2.36. The molecule has 0 fully saturated rings. The fourth-order valence-electron chi connectivity index (χ4n) is 3.32. The van der Waals surface area contributed by atoms with Crippen molar-refractivity contribution in [2.45, 2.75) is 34.1 Å². The first-order chi connectivity index (χ1) is 11.9. The molecule has 0 atom stereocenters. The molecule has 0 radical (unpaired) electrons. The Kier molecular flexibility index (Phi) is 4.66. The Balaban J connectivity index is 1.69. The average molecular weight is 340 g/mol. The second-order valence-corrected chi connectivity index (χ2v) is 7.06. The lowest BCUT2D eigenvalue weighted by Gasteiger charge is -2.33. The zero-order chi connectivity index (χ0) is 18.0. The van der Waals surface area contributed by atoms with Crippen LogP contribution in [0.2, 0.25) is 0 Å². The molecule has 0 spiro atoms. The highest BCUT2D eigenvalue weighted by molar-refractivity contribution is 5.80. The van der Waals surface area contributed by atoms with E-state index in [0.29, 0.717) is 12.1 Å². The van der Waals surface area contributed by atoms with Crippen molar-refractivity contribution in [1.29, 1.82) is 0 Å². The standard InChI is InChI=1S/C20H24N2O3/c1-5-22(15-10-14(2)11-20(3,4)12-15)18(23)13-24-19-21-16-8-6-7-9-17(16)25-19/h6-11H,5,12-13H2,1-4H3. The summed E-state index contributed by atoms with van der Waals surface area (Å²) in [5, 5.41) is 0. The van der Waals surface area contributed by atoms with Gasteiger partial charge in [0.1, 0.15) is 5.52 Å². The molecule has 1 aliphatic carbocycles. The lowest BCUT2D eigenvalue weighted by atomic mass is 9.81. The number of carbonyl (C=O) groups is 1. The maximum Gasteiger partial charge on any atom is 0.395 e. The molecule has 1 amide bonds. The molecule has 0 saturated heterocycles. The summed E-state index contributed by atoms with van der Waals surface area (Å²) >= 11 is 0. The molecule has 5 nitrogen and oxygen atoms in total. The molecule has 5 heteroatoms. The second kappa shape index (κ2) is 6.75. The van der Waals surface area contributed by atoms with Crippen LogP contribution in [0.5, 0.6) is 6.08 Å². The van der Waals surface area contributed by atoms with Crippen LogP contribution in [0.25, 0.3) is 11.1 Å².